The Morgan fingerprint density at radius 2 is 1.94 bits per heavy atom. The Morgan fingerprint density at radius 3 is 2.44 bits per heavy atom. The van der Waals surface area contributed by atoms with E-state index in [1.54, 1.807) is 0 Å². The van der Waals surface area contributed by atoms with Gasteiger partial charge in [-0.2, -0.15) is 0 Å². The zero-order valence-electron chi connectivity index (χ0n) is 9.72. The Balaban J connectivity index is 2.37. The smallest absolute Gasteiger partial charge is 0.309 e. The summed E-state index contributed by atoms with van der Waals surface area (Å²) in [5.41, 5.74) is 1.07. The molecule has 0 amide bonds. The molecule has 1 aromatic rings. The highest BCUT2D eigenvalue weighted by Gasteiger charge is 2.21. The van der Waals surface area contributed by atoms with Crippen LogP contribution in [0.3, 0.4) is 0 Å². The first-order chi connectivity index (χ1) is 7.61. The molecule has 0 aromatic heterocycles. The molecule has 0 saturated carbocycles. The third kappa shape index (κ3) is 4.03. The van der Waals surface area contributed by atoms with E-state index in [0.717, 1.165) is 5.56 Å². The molecule has 16 heavy (non-hydrogen) atoms. The summed E-state index contributed by atoms with van der Waals surface area (Å²) in [6.07, 6.45) is 0. The number of ether oxygens (including phenoxy) is 1. The fourth-order valence-electron chi connectivity index (χ4n) is 1.43. The Hall–Kier alpha value is -1.35. The van der Waals surface area contributed by atoms with Gasteiger partial charge in [0.1, 0.15) is 0 Å². The zero-order chi connectivity index (χ0) is 12.0. The van der Waals surface area contributed by atoms with Gasteiger partial charge in [-0.1, -0.05) is 44.2 Å². The van der Waals surface area contributed by atoms with E-state index in [0.29, 0.717) is 6.61 Å². The molecule has 0 aliphatic carbocycles. The average Bonchev–Trinajstić information content (AvgIpc) is 2.24. The molecule has 1 atom stereocenters. The average molecular weight is 222 g/mol. The molecule has 0 aliphatic heterocycles. The summed E-state index contributed by atoms with van der Waals surface area (Å²) in [6, 6.07) is 9.75. The quantitative estimate of drug-likeness (QED) is 0.804. The normalized spacial score (nSPS) is 12.7. The molecule has 1 unspecified atom stereocenters. The van der Waals surface area contributed by atoms with E-state index in [1.165, 1.54) is 0 Å². The monoisotopic (exact) mass is 222 g/mol. The van der Waals surface area contributed by atoms with Crippen molar-refractivity contribution >= 4 is 5.97 Å². The molecule has 1 rings (SSSR count). The van der Waals surface area contributed by atoms with Gasteiger partial charge in [-0.3, -0.25) is 4.79 Å². The molecule has 3 nitrogen and oxygen atoms in total. The maximum Gasteiger partial charge on any atom is 0.309 e. The molecule has 88 valence electrons. The summed E-state index contributed by atoms with van der Waals surface area (Å²) in [7, 11) is 0. The van der Waals surface area contributed by atoms with Crippen molar-refractivity contribution in [2.75, 3.05) is 6.61 Å². The fourth-order valence-corrected chi connectivity index (χ4v) is 1.43. The molecule has 0 saturated heterocycles. The first-order valence-electron chi connectivity index (χ1n) is 5.45. The van der Waals surface area contributed by atoms with Crippen LogP contribution in [0.5, 0.6) is 0 Å². The summed E-state index contributed by atoms with van der Waals surface area (Å²) in [6.45, 7) is 4.52. The van der Waals surface area contributed by atoms with E-state index in [4.69, 9.17) is 9.84 Å². The van der Waals surface area contributed by atoms with Crippen molar-refractivity contribution in [3.8, 4) is 0 Å². The lowest BCUT2D eigenvalue weighted by Gasteiger charge is -2.16. The topological polar surface area (TPSA) is 46.5 Å². The summed E-state index contributed by atoms with van der Waals surface area (Å²) < 4.78 is 5.42. The van der Waals surface area contributed by atoms with E-state index < -0.39 is 11.9 Å². The van der Waals surface area contributed by atoms with Gasteiger partial charge in [0.15, 0.2) is 0 Å². The lowest BCUT2D eigenvalue weighted by Crippen LogP contribution is -2.24. The number of carboxylic acid groups (broad SMARTS) is 1. The van der Waals surface area contributed by atoms with Crippen LogP contribution in [0.2, 0.25) is 0 Å². The molecule has 0 heterocycles. The van der Waals surface area contributed by atoms with Crippen LogP contribution in [0, 0.1) is 11.8 Å². The maximum atomic E-state index is 10.9. The highest BCUT2D eigenvalue weighted by molar-refractivity contribution is 5.70. The molecule has 1 aromatic carbocycles. The van der Waals surface area contributed by atoms with Gasteiger partial charge < -0.3 is 9.84 Å². The number of hydrogen-bond acceptors (Lipinski definition) is 2. The number of hydrogen-bond donors (Lipinski definition) is 1. The van der Waals surface area contributed by atoms with Crippen LogP contribution >= 0.6 is 0 Å². The third-order valence-corrected chi connectivity index (χ3v) is 2.53. The number of carboxylic acids is 1. The van der Waals surface area contributed by atoms with E-state index in [9.17, 15) is 4.79 Å². The number of rotatable bonds is 6. The highest BCUT2D eigenvalue weighted by atomic mass is 16.5. The summed E-state index contributed by atoms with van der Waals surface area (Å²) >= 11 is 0. The van der Waals surface area contributed by atoms with Crippen LogP contribution in [0.1, 0.15) is 19.4 Å². The van der Waals surface area contributed by atoms with Crippen molar-refractivity contribution in [3.05, 3.63) is 35.9 Å². The fraction of sp³-hybridized carbons (Fsp3) is 0.462. The van der Waals surface area contributed by atoms with Crippen LogP contribution < -0.4 is 0 Å². The second-order valence-corrected chi connectivity index (χ2v) is 4.19. The molecular formula is C13H18O3. The zero-order valence-corrected chi connectivity index (χ0v) is 9.72. The number of carbonyl (C=O) groups is 1. The SMILES string of the molecule is CC(C)C(COCc1ccccc1)C(=O)O. The van der Waals surface area contributed by atoms with E-state index in [2.05, 4.69) is 0 Å². The van der Waals surface area contributed by atoms with Crippen LogP contribution in [-0.2, 0) is 16.1 Å². The summed E-state index contributed by atoms with van der Waals surface area (Å²) in [5, 5.41) is 8.96. The lowest BCUT2D eigenvalue weighted by atomic mass is 9.97. The van der Waals surface area contributed by atoms with Gasteiger partial charge in [0.25, 0.3) is 0 Å². The summed E-state index contributed by atoms with van der Waals surface area (Å²) in [5.74, 6) is -1.12. The molecule has 1 N–H and O–H groups in total. The predicted octanol–water partition coefficient (Wildman–Crippen LogP) is 2.56. The molecule has 0 aliphatic rings. The van der Waals surface area contributed by atoms with E-state index in [-0.39, 0.29) is 12.5 Å². The van der Waals surface area contributed by atoms with Crippen LogP contribution in [0.15, 0.2) is 30.3 Å². The maximum absolute atomic E-state index is 10.9. The summed E-state index contributed by atoms with van der Waals surface area (Å²) in [4.78, 5) is 10.9. The van der Waals surface area contributed by atoms with Gasteiger partial charge in [-0.25, -0.2) is 0 Å². The highest BCUT2D eigenvalue weighted by Crippen LogP contribution is 2.12. The Bertz CT molecular complexity index is 319. The number of aliphatic carboxylic acids is 1. The van der Waals surface area contributed by atoms with Gasteiger partial charge in [0.05, 0.1) is 19.1 Å². The first kappa shape index (κ1) is 12.7. The Kier molecular flexibility index (Phi) is 4.99. The van der Waals surface area contributed by atoms with Gasteiger partial charge in [0, 0.05) is 0 Å². The standard InChI is InChI=1S/C13H18O3/c1-10(2)12(13(14)15)9-16-8-11-6-4-3-5-7-11/h3-7,10,12H,8-9H2,1-2H3,(H,14,15). The molecule has 0 spiro atoms. The minimum Gasteiger partial charge on any atom is -0.481 e. The molecular weight excluding hydrogens is 204 g/mol. The Morgan fingerprint density at radius 1 is 1.31 bits per heavy atom. The van der Waals surface area contributed by atoms with Gasteiger partial charge in [-0.05, 0) is 11.5 Å². The number of benzene rings is 1. The predicted molar refractivity (Wildman–Crippen MR) is 62.1 cm³/mol. The molecule has 0 radical (unpaired) electrons. The van der Waals surface area contributed by atoms with E-state index in [1.807, 2.05) is 44.2 Å². The van der Waals surface area contributed by atoms with Crippen molar-refractivity contribution in [2.24, 2.45) is 11.8 Å². The first-order valence-corrected chi connectivity index (χ1v) is 5.45. The van der Waals surface area contributed by atoms with Crippen molar-refractivity contribution in [3.63, 3.8) is 0 Å². The molecule has 0 fully saturated rings. The van der Waals surface area contributed by atoms with Crippen molar-refractivity contribution in [1.29, 1.82) is 0 Å². The van der Waals surface area contributed by atoms with E-state index >= 15 is 0 Å². The van der Waals surface area contributed by atoms with Gasteiger partial charge in [-0.15, -0.1) is 0 Å². The van der Waals surface area contributed by atoms with Crippen molar-refractivity contribution < 1.29 is 14.6 Å². The Labute approximate surface area is 96.1 Å². The van der Waals surface area contributed by atoms with Crippen LogP contribution in [-0.4, -0.2) is 17.7 Å². The largest absolute Gasteiger partial charge is 0.481 e. The van der Waals surface area contributed by atoms with Crippen LogP contribution in [0.4, 0.5) is 0 Å². The minimum atomic E-state index is -0.789. The molecule has 0 bridgehead atoms. The van der Waals surface area contributed by atoms with Gasteiger partial charge >= 0.3 is 5.97 Å². The second kappa shape index (κ2) is 6.28. The third-order valence-electron chi connectivity index (χ3n) is 2.53. The minimum absolute atomic E-state index is 0.0910. The van der Waals surface area contributed by atoms with Crippen molar-refractivity contribution in [1.82, 2.24) is 0 Å². The van der Waals surface area contributed by atoms with Crippen LogP contribution in [0.25, 0.3) is 0 Å². The second-order valence-electron chi connectivity index (χ2n) is 4.19. The lowest BCUT2D eigenvalue weighted by molar-refractivity contribution is -0.146. The van der Waals surface area contributed by atoms with Crippen molar-refractivity contribution in [2.45, 2.75) is 20.5 Å². The van der Waals surface area contributed by atoms with Gasteiger partial charge in [0.2, 0.25) is 0 Å². The molecule has 3 heteroatoms.